The maximum absolute atomic E-state index is 11.3. The van der Waals surface area contributed by atoms with Crippen molar-refractivity contribution in [3.63, 3.8) is 0 Å². The molecule has 0 aliphatic heterocycles. The number of esters is 1. The summed E-state index contributed by atoms with van der Waals surface area (Å²) in [4.78, 5) is 11.3. The Labute approximate surface area is 164 Å². The fourth-order valence-electron chi connectivity index (χ4n) is 3.59. The van der Waals surface area contributed by atoms with Crippen molar-refractivity contribution >= 4 is 5.97 Å². The van der Waals surface area contributed by atoms with E-state index in [1.54, 1.807) is 0 Å². The van der Waals surface area contributed by atoms with Crippen molar-refractivity contribution < 1.29 is 9.53 Å². The lowest BCUT2D eigenvalue weighted by molar-refractivity contribution is -0.144. The fraction of sp³-hybridized carbons (Fsp3) is 0.958. The molecule has 3 atom stereocenters. The van der Waals surface area contributed by atoms with E-state index in [0.717, 1.165) is 30.6 Å². The van der Waals surface area contributed by atoms with Gasteiger partial charge in [-0.25, -0.2) is 0 Å². The van der Waals surface area contributed by atoms with Crippen molar-refractivity contribution in [2.24, 2.45) is 23.7 Å². The van der Waals surface area contributed by atoms with Crippen LogP contribution in [0.1, 0.15) is 119 Å². The van der Waals surface area contributed by atoms with Crippen LogP contribution in [0.3, 0.4) is 0 Å². The Hall–Kier alpha value is -0.530. The predicted octanol–water partition coefficient (Wildman–Crippen LogP) is 7.80. The van der Waals surface area contributed by atoms with Crippen LogP contribution >= 0.6 is 0 Å². The number of ether oxygens (including phenoxy) is 1. The first-order chi connectivity index (χ1) is 12.3. The largest absolute Gasteiger partial charge is 0.466 e. The lowest BCUT2D eigenvalue weighted by Crippen LogP contribution is -2.08. The minimum atomic E-state index is -0.0354. The van der Waals surface area contributed by atoms with Crippen molar-refractivity contribution in [1.82, 2.24) is 0 Å². The molecule has 0 saturated carbocycles. The van der Waals surface area contributed by atoms with Gasteiger partial charge < -0.3 is 4.74 Å². The zero-order chi connectivity index (χ0) is 19.8. The monoisotopic (exact) mass is 368 g/mol. The molecule has 3 unspecified atom stereocenters. The Morgan fingerprint density at radius 1 is 0.692 bits per heavy atom. The predicted molar refractivity (Wildman–Crippen MR) is 114 cm³/mol. The summed E-state index contributed by atoms with van der Waals surface area (Å²) in [6.45, 7) is 14.4. The smallest absolute Gasteiger partial charge is 0.305 e. The molecule has 0 heterocycles. The fourth-order valence-corrected chi connectivity index (χ4v) is 3.59. The summed E-state index contributed by atoms with van der Waals surface area (Å²) in [5.41, 5.74) is 0. The van der Waals surface area contributed by atoms with Gasteiger partial charge in [-0.15, -0.1) is 0 Å². The molecule has 0 aliphatic carbocycles. The van der Waals surface area contributed by atoms with E-state index in [9.17, 15) is 4.79 Å². The van der Waals surface area contributed by atoms with Gasteiger partial charge in [-0.1, -0.05) is 99.3 Å². The third kappa shape index (κ3) is 16.9. The molecule has 0 rings (SSSR count). The molecule has 0 radical (unpaired) electrons. The average molecular weight is 369 g/mol. The molecule has 0 aromatic carbocycles. The molecule has 0 aromatic heterocycles. The van der Waals surface area contributed by atoms with E-state index >= 15 is 0 Å². The molecule has 0 aliphatic rings. The molecule has 156 valence electrons. The van der Waals surface area contributed by atoms with Gasteiger partial charge in [0, 0.05) is 6.42 Å². The van der Waals surface area contributed by atoms with Crippen molar-refractivity contribution in [3.8, 4) is 0 Å². The van der Waals surface area contributed by atoms with E-state index in [4.69, 9.17) is 4.74 Å². The van der Waals surface area contributed by atoms with E-state index in [0.29, 0.717) is 18.9 Å². The maximum Gasteiger partial charge on any atom is 0.305 e. The first kappa shape index (κ1) is 25.5. The standard InChI is InChI=1S/C24H48O2/c1-7-11-24(25)26-19-18-23(6)17-10-16-22(5)15-9-14-21(4)13-8-12-20(2)3/h20-23H,7-19H2,1-6H3. The van der Waals surface area contributed by atoms with Gasteiger partial charge in [0.1, 0.15) is 0 Å². The number of carbonyl (C=O) groups is 1. The topological polar surface area (TPSA) is 26.3 Å². The van der Waals surface area contributed by atoms with Crippen molar-refractivity contribution in [2.75, 3.05) is 6.61 Å². The highest BCUT2D eigenvalue weighted by molar-refractivity contribution is 5.69. The Kier molecular flexibility index (Phi) is 16.3. The average Bonchev–Trinajstić information content (AvgIpc) is 2.54. The maximum atomic E-state index is 11.3. The number of hydrogen-bond donors (Lipinski definition) is 0. The van der Waals surface area contributed by atoms with Gasteiger partial charge >= 0.3 is 5.97 Å². The Bertz CT molecular complexity index is 324. The van der Waals surface area contributed by atoms with E-state index in [-0.39, 0.29) is 5.97 Å². The highest BCUT2D eigenvalue weighted by Gasteiger charge is 2.09. The highest BCUT2D eigenvalue weighted by Crippen LogP contribution is 2.22. The molecule has 0 amide bonds. The molecule has 0 N–H and O–H groups in total. The van der Waals surface area contributed by atoms with Crippen LogP contribution in [0.5, 0.6) is 0 Å². The third-order valence-electron chi connectivity index (χ3n) is 5.59. The second-order valence-electron chi connectivity index (χ2n) is 9.26. The van der Waals surface area contributed by atoms with Gasteiger partial charge in [0.15, 0.2) is 0 Å². The van der Waals surface area contributed by atoms with Gasteiger partial charge in [-0.05, 0) is 36.5 Å². The van der Waals surface area contributed by atoms with Gasteiger partial charge in [-0.2, -0.15) is 0 Å². The molecule has 0 saturated heterocycles. The lowest BCUT2D eigenvalue weighted by atomic mass is 9.91. The lowest BCUT2D eigenvalue weighted by Gasteiger charge is -2.16. The Balaban J connectivity index is 3.55. The molecular weight excluding hydrogens is 320 g/mol. The quantitative estimate of drug-likeness (QED) is 0.245. The van der Waals surface area contributed by atoms with E-state index in [1.165, 1.54) is 57.8 Å². The van der Waals surface area contributed by atoms with Crippen molar-refractivity contribution in [3.05, 3.63) is 0 Å². The molecule has 0 spiro atoms. The van der Waals surface area contributed by atoms with Gasteiger partial charge in [-0.3, -0.25) is 4.79 Å². The Morgan fingerprint density at radius 2 is 1.12 bits per heavy atom. The van der Waals surface area contributed by atoms with Crippen LogP contribution in [0.25, 0.3) is 0 Å². The number of carbonyl (C=O) groups excluding carboxylic acids is 1. The number of hydrogen-bond acceptors (Lipinski definition) is 2. The zero-order valence-corrected chi connectivity index (χ0v) is 18.8. The summed E-state index contributed by atoms with van der Waals surface area (Å²) in [6, 6.07) is 0. The van der Waals surface area contributed by atoms with Crippen LogP contribution in [0, 0.1) is 23.7 Å². The summed E-state index contributed by atoms with van der Waals surface area (Å²) in [7, 11) is 0. The minimum absolute atomic E-state index is 0.0354. The summed E-state index contributed by atoms with van der Waals surface area (Å²) >= 11 is 0. The Morgan fingerprint density at radius 3 is 1.54 bits per heavy atom. The zero-order valence-electron chi connectivity index (χ0n) is 18.8. The molecule has 0 fully saturated rings. The first-order valence-corrected chi connectivity index (χ1v) is 11.5. The first-order valence-electron chi connectivity index (χ1n) is 11.5. The minimum Gasteiger partial charge on any atom is -0.466 e. The van der Waals surface area contributed by atoms with Gasteiger partial charge in [0.25, 0.3) is 0 Å². The van der Waals surface area contributed by atoms with Crippen LogP contribution in [0.2, 0.25) is 0 Å². The van der Waals surface area contributed by atoms with Crippen molar-refractivity contribution in [2.45, 2.75) is 119 Å². The molecule has 26 heavy (non-hydrogen) atoms. The van der Waals surface area contributed by atoms with Gasteiger partial charge in [0.05, 0.1) is 6.61 Å². The van der Waals surface area contributed by atoms with Crippen LogP contribution in [0.15, 0.2) is 0 Å². The molecule has 2 nitrogen and oxygen atoms in total. The number of rotatable bonds is 17. The molecule has 0 bridgehead atoms. The molecule has 2 heteroatoms. The normalized spacial score (nSPS) is 15.0. The van der Waals surface area contributed by atoms with E-state index < -0.39 is 0 Å². The van der Waals surface area contributed by atoms with Crippen LogP contribution < -0.4 is 0 Å². The second-order valence-corrected chi connectivity index (χ2v) is 9.26. The van der Waals surface area contributed by atoms with Crippen LogP contribution in [-0.4, -0.2) is 12.6 Å². The third-order valence-corrected chi connectivity index (χ3v) is 5.59. The summed E-state index contributed by atoms with van der Waals surface area (Å²) in [6.07, 6.45) is 14.8. The van der Waals surface area contributed by atoms with Crippen molar-refractivity contribution in [1.29, 1.82) is 0 Å². The summed E-state index contributed by atoms with van der Waals surface area (Å²) in [5.74, 6) is 3.24. The van der Waals surface area contributed by atoms with E-state index in [1.807, 2.05) is 6.92 Å². The molecular formula is C24H48O2. The van der Waals surface area contributed by atoms with Crippen LogP contribution in [-0.2, 0) is 9.53 Å². The van der Waals surface area contributed by atoms with Crippen LogP contribution in [0.4, 0.5) is 0 Å². The van der Waals surface area contributed by atoms with Gasteiger partial charge in [0.2, 0.25) is 0 Å². The molecule has 0 aromatic rings. The van der Waals surface area contributed by atoms with E-state index in [2.05, 4.69) is 34.6 Å². The highest BCUT2D eigenvalue weighted by atomic mass is 16.5. The second kappa shape index (κ2) is 16.6. The summed E-state index contributed by atoms with van der Waals surface area (Å²) < 4.78 is 5.26. The summed E-state index contributed by atoms with van der Waals surface area (Å²) in [5, 5.41) is 0. The SMILES string of the molecule is CCCC(=O)OCCC(C)CCCC(C)CCCC(C)CCCC(C)C.